The van der Waals surface area contributed by atoms with Crippen molar-refractivity contribution < 1.29 is 0 Å². The van der Waals surface area contributed by atoms with E-state index in [0.717, 1.165) is 30.9 Å². The molecule has 0 bridgehead atoms. The third kappa shape index (κ3) is 3.64. The molecular formula is C12H17N5. The van der Waals surface area contributed by atoms with Gasteiger partial charge in [0.25, 0.3) is 0 Å². The second-order valence-corrected chi connectivity index (χ2v) is 3.91. The number of hydrogen-bond donors (Lipinski definition) is 1. The lowest BCUT2D eigenvalue weighted by atomic mass is 10.3. The van der Waals surface area contributed by atoms with Crippen molar-refractivity contribution in [2.45, 2.75) is 26.4 Å². The Labute approximate surface area is 101 Å². The first-order valence-corrected chi connectivity index (χ1v) is 5.88. The van der Waals surface area contributed by atoms with Crippen molar-refractivity contribution in [2.24, 2.45) is 0 Å². The van der Waals surface area contributed by atoms with Crippen LogP contribution in [0.1, 0.15) is 24.7 Å². The fourth-order valence-corrected chi connectivity index (χ4v) is 1.55. The van der Waals surface area contributed by atoms with Gasteiger partial charge in [-0.3, -0.25) is 4.98 Å². The van der Waals surface area contributed by atoms with E-state index in [1.165, 1.54) is 0 Å². The van der Waals surface area contributed by atoms with Crippen LogP contribution < -0.4 is 5.32 Å². The summed E-state index contributed by atoms with van der Waals surface area (Å²) >= 11 is 0. The second-order valence-electron chi connectivity index (χ2n) is 3.91. The van der Waals surface area contributed by atoms with Crippen LogP contribution in [0.5, 0.6) is 0 Å². The molecule has 0 unspecified atom stereocenters. The van der Waals surface area contributed by atoms with Gasteiger partial charge in [0.15, 0.2) is 0 Å². The average molecular weight is 231 g/mol. The van der Waals surface area contributed by atoms with Gasteiger partial charge in [-0.05, 0) is 25.1 Å². The van der Waals surface area contributed by atoms with Gasteiger partial charge >= 0.3 is 0 Å². The Kier molecular flexibility index (Phi) is 4.21. The monoisotopic (exact) mass is 231 g/mol. The summed E-state index contributed by atoms with van der Waals surface area (Å²) in [7, 11) is 0. The standard InChI is InChI=1S/C12H17N5/c1-2-6-13-8-12-10-17(16-15-12)9-11-5-3-4-7-14-11/h3-5,7,10,13H,2,6,8-9H2,1H3. The van der Waals surface area contributed by atoms with Gasteiger partial charge in [-0.1, -0.05) is 18.2 Å². The number of nitrogens with one attached hydrogen (secondary N) is 1. The summed E-state index contributed by atoms with van der Waals surface area (Å²) in [5.74, 6) is 0. The van der Waals surface area contributed by atoms with E-state index in [4.69, 9.17) is 0 Å². The summed E-state index contributed by atoms with van der Waals surface area (Å²) in [6.07, 6.45) is 4.87. The minimum atomic E-state index is 0.668. The molecule has 0 amide bonds. The van der Waals surface area contributed by atoms with Crippen molar-refractivity contribution in [3.63, 3.8) is 0 Å². The zero-order valence-electron chi connectivity index (χ0n) is 10.0. The molecule has 1 N–H and O–H groups in total. The quantitative estimate of drug-likeness (QED) is 0.759. The van der Waals surface area contributed by atoms with E-state index < -0.39 is 0 Å². The highest BCUT2D eigenvalue weighted by Crippen LogP contribution is 1.98. The van der Waals surface area contributed by atoms with Crippen LogP contribution in [-0.2, 0) is 13.1 Å². The Morgan fingerprint density at radius 3 is 3.00 bits per heavy atom. The first kappa shape index (κ1) is 11.7. The van der Waals surface area contributed by atoms with E-state index >= 15 is 0 Å². The molecule has 5 nitrogen and oxygen atoms in total. The van der Waals surface area contributed by atoms with Crippen molar-refractivity contribution in [1.82, 2.24) is 25.3 Å². The zero-order valence-corrected chi connectivity index (χ0v) is 10.0. The molecule has 2 heterocycles. The van der Waals surface area contributed by atoms with E-state index in [0.29, 0.717) is 6.54 Å². The lowest BCUT2D eigenvalue weighted by Gasteiger charge is -1.99. The minimum Gasteiger partial charge on any atom is -0.311 e. The van der Waals surface area contributed by atoms with Crippen LogP contribution in [0, 0.1) is 0 Å². The predicted molar refractivity (Wildman–Crippen MR) is 65.4 cm³/mol. The molecule has 0 fully saturated rings. The van der Waals surface area contributed by atoms with Crippen molar-refractivity contribution >= 4 is 0 Å². The number of aromatic nitrogens is 4. The molecule has 2 aromatic heterocycles. The molecule has 0 aliphatic carbocycles. The maximum absolute atomic E-state index is 4.25. The Hall–Kier alpha value is -1.75. The molecule has 0 atom stereocenters. The lowest BCUT2D eigenvalue weighted by Crippen LogP contribution is -2.13. The van der Waals surface area contributed by atoms with E-state index in [1.807, 2.05) is 29.1 Å². The molecule has 0 aliphatic heterocycles. The van der Waals surface area contributed by atoms with Gasteiger partial charge in [-0.2, -0.15) is 0 Å². The molecule has 0 aliphatic rings. The highest BCUT2D eigenvalue weighted by Gasteiger charge is 2.01. The minimum absolute atomic E-state index is 0.668. The summed E-state index contributed by atoms with van der Waals surface area (Å²) in [5, 5.41) is 11.5. The molecule has 5 heteroatoms. The number of pyridine rings is 1. The number of hydrogen-bond acceptors (Lipinski definition) is 4. The van der Waals surface area contributed by atoms with Crippen LogP contribution in [0.15, 0.2) is 30.6 Å². The van der Waals surface area contributed by atoms with E-state index in [1.54, 1.807) is 6.20 Å². The topological polar surface area (TPSA) is 55.6 Å². The zero-order chi connectivity index (χ0) is 11.9. The predicted octanol–water partition coefficient (Wildman–Crippen LogP) is 1.22. The Morgan fingerprint density at radius 1 is 1.29 bits per heavy atom. The SMILES string of the molecule is CCCNCc1cn(Cc2ccccn2)nn1. The lowest BCUT2D eigenvalue weighted by molar-refractivity contribution is 0.636. The molecule has 0 aromatic carbocycles. The number of rotatable bonds is 6. The highest BCUT2D eigenvalue weighted by atomic mass is 15.4. The smallest absolute Gasteiger partial charge is 0.0964 e. The summed E-state index contributed by atoms with van der Waals surface area (Å²) in [4.78, 5) is 4.25. The third-order valence-corrected chi connectivity index (χ3v) is 2.37. The number of nitrogens with zero attached hydrogens (tertiary/aromatic N) is 4. The van der Waals surface area contributed by atoms with Crippen molar-refractivity contribution in [3.05, 3.63) is 42.0 Å². The molecule has 2 aromatic rings. The maximum atomic E-state index is 4.25. The fraction of sp³-hybridized carbons (Fsp3) is 0.417. The first-order valence-electron chi connectivity index (χ1n) is 5.88. The second kappa shape index (κ2) is 6.10. The third-order valence-electron chi connectivity index (χ3n) is 2.37. The van der Waals surface area contributed by atoms with Gasteiger partial charge in [0.1, 0.15) is 0 Å². The van der Waals surface area contributed by atoms with Crippen LogP contribution in [0.2, 0.25) is 0 Å². The van der Waals surface area contributed by atoms with Crippen molar-refractivity contribution in [3.8, 4) is 0 Å². The Balaban J connectivity index is 1.90. The summed E-state index contributed by atoms with van der Waals surface area (Å²) in [6.45, 7) is 4.59. The first-order chi connectivity index (χ1) is 8.38. The van der Waals surface area contributed by atoms with E-state index in [2.05, 4.69) is 27.5 Å². The van der Waals surface area contributed by atoms with E-state index in [9.17, 15) is 0 Å². The summed E-state index contributed by atoms with van der Waals surface area (Å²) < 4.78 is 1.81. The van der Waals surface area contributed by atoms with Crippen LogP contribution in [0.25, 0.3) is 0 Å². The summed E-state index contributed by atoms with van der Waals surface area (Å²) in [5.41, 5.74) is 1.96. The van der Waals surface area contributed by atoms with Crippen LogP contribution >= 0.6 is 0 Å². The van der Waals surface area contributed by atoms with Gasteiger partial charge in [0.2, 0.25) is 0 Å². The van der Waals surface area contributed by atoms with Crippen LogP contribution in [-0.4, -0.2) is 26.5 Å². The van der Waals surface area contributed by atoms with E-state index in [-0.39, 0.29) is 0 Å². The molecule has 17 heavy (non-hydrogen) atoms. The van der Waals surface area contributed by atoms with Gasteiger partial charge in [0.05, 0.1) is 24.1 Å². The highest BCUT2D eigenvalue weighted by molar-refractivity contribution is 5.04. The molecule has 0 saturated carbocycles. The fourth-order valence-electron chi connectivity index (χ4n) is 1.55. The molecule has 0 saturated heterocycles. The molecule has 0 radical (unpaired) electrons. The van der Waals surface area contributed by atoms with Gasteiger partial charge < -0.3 is 5.32 Å². The van der Waals surface area contributed by atoms with Gasteiger partial charge in [0, 0.05) is 12.7 Å². The van der Waals surface area contributed by atoms with Crippen molar-refractivity contribution in [1.29, 1.82) is 0 Å². The Bertz CT molecular complexity index is 437. The normalized spacial score (nSPS) is 10.6. The van der Waals surface area contributed by atoms with Crippen LogP contribution in [0.3, 0.4) is 0 Å². The van der Waals surface area contributed by atoms with Crippen LogP contribution in [0.4, 0.5) is 0 Å². The molecule has 0 spiro atoms. The maximum Gasteiger partial charge on any atom is 0.0964 e. The van der Waals surface area contributed by atoms with Gasteiger partial charge in [-0.15, -0.1) is 5.10 Å². The van der Waals surface area contributed by atoms with Gasteiger partial charge in [-0.25, -0.2) is 4.68 Å². The Morgan fingerprint density at radius 2 is 2.24 bits per heavy atom. The molecule has 2 rings (SSSR count). The largest absolute Gasteiger partial charge is 0.311 e. The summed E-state index contributed by atoms with van der Waals surface area (Å²) in [6, 6.07) is 5.87. The average Bonchev–Trinajstić information content (AvgIpc) is 2.79. The van der Waals surface area contributed by atoms with Crippen molar-refractivity contribution in [2.75, 3.05) is 6.54 Å². The molecular weight excluding hydrogens is 214 g/mol. The molecule has 90 valence electrons.